The van der Waals surface area contributed by atoms with E-state index in [1.807, 2.05) is 6.07 Å². The molecular formula is C17H19BrN2O4. The van der Waals surface area contributed by atoms with E-state index in [2.05, 4.69) is 26.2 Å². The number of halogens is 1. The number of hydrogen-bond donors (Lipinski definition) is 1. The molecule has 0 bridgehead atoms. The van der Waals surface area contributed by atoms with E-state index in [0.29, 0.717) is 41.4 Å². The second kappa shape index (κ2) is 9.24. The lowest BCUT2D eigenvalue weighted by Crippen LogP contribution is -2.23. The summed E-state index contributed by atoms with van der Waals surface area (Å²) in [5.74, 6) is 0.960. The van der Waals surface area contributed by atoms with Crippen molar-refractivity contribution in [2.24, 2.45) is 0 Å². The highest BCUT2D eigenvalue weighted by Gasteiger charge is 2.11. The Hall–Kier alpha value is -2.12. The molecule has 24 heavy (non-hydrogen) atoms. The van der Waals surface area contributed by atoms with Crippen molar-refractivity contribution in [3.8, 4) is 11.6 Å². The molecule has 0 atom stereocenters. The minimum atomic E-state index is -0.193. The molecule has 7 heteroatoms. The normalized spacial score (nSPS) is 10.3. The fourth-order valence-corrected chi connectivity index (χ4v) is 2.34. The molecule has 0 saturated carbocycles. The monoisotopic (exact) mass is 394 g/mol. The molecule has 0 aliphatic rings. The van der Waals surface area contributed by atoms with Crippen molar-refractivity contribution in [3.05, 3.63) is 52.1 Å². The van der Waals surface area contributed by atoms with Gasteiger partial charge in [-0.15, -0.1) is 0 Å². The number of hydrogen-bond acceptors (Lipinski definition) is 5. The molecule has 0 aliphatic carbocycles. The summed E-state index contributed by atoms with van der Waals surface area (Å²) in [6.07, 6.45) is 1.67. The van der Waals surface area contributed by atoms with Gasteiger partial charge in [0.05, 0.1) is 19.3 Å². The average molecular weight is 395 g/mol. The van der Waals surface area contributed by atoms with Crippen LogP contribution >= 0.6 is 15.9 Å². The number of carbonyl (C=O) groups is 1. The molecule has 2 aromatic rings. The maximum Gasteiger partial charge on any atom is 0.252 e. The van der Waals surface area contributed by atoms with Crippen LogP contribution in [0.2, 0.25) is 0 Å². The number of carbonyl (C=O) groups excluding carboxylic acids is 1. The molecular weight excluding hydrogens is 376 g/mol. The average Bonchev–Trinajstić information content (AvgIpc) is 2.61. The van der Waals surface area contributed by atoms with Crippen LogP contribution in [0.5, 0.6) is 11.6 Å². The van der Waals surface area contributed by atoms with Gasteiger partial charge >= 0.3 is 0 Å². The Morgan fingerprint density at radius 2 is 2.04 bits per heavy atom. The fraction of sp³-hybridized carbons (Fsp3) is 0.294. The Balaban J connectivity index is 1.92. The highest BCUT2D eigenvalue weighted by atomic mass is 79.9. The second-order valence-corrected chi connectivity index (χ2v) is 5.73. The van der Waals surface area contributed by atoms with Crippen molar-refractivity contribution >= 4 is 21.8 Å². The number of aromatic nitrogens is 1. The summed E-state index contributed by atoms with van der Waals surface area (Å²) in [4.78, 5) is 16.5. The first-order valence-corrected chi connectivity index (χ1v) is 8.11. The van der Waals surface area contributed by atoms with Gasteiger partial charge in [0, 0.05) is 30.4 Å². The quantitative estimate of drug-likeness (QED) is 0.697. The van der Waals surface area contributed by atoms with Crippen LogP contribution in [-0.2, 0) is 11.3 Å². The largest absolute Gasteiger partial charge is 0.497 e. The zero-order valence-corrected chi connectivity index (χ0v) is 15.1. The Kier molecular flexibility index (Phi) is 7.02. The summed E-state index contributed by atoms with van der Waals surface area (Å²) in [5, 5.41) is 2.85. The Morgan fingerprint density at radius 3 is 2.71 bits per heavy atom. The predicted molar refractivity (Wildman–Crippen MR) is 93.5 cm³/mol. The van der Waals surface area contributed by atoms with Gasteiger partial charge in [-0.2, -0.15) is 0 Å². The van der Waals surface area contributed by atoms with E-state index in [0.717, 1.165) is 5.56 Å². The molecule has 6 nitrogen and oxygen atoms in total. The Morgan fingerprint density at radius 1 is 1.21 bits per heavy atom. The smallest absolute Gasteiger partial charge is 0.252 e. The molecule has 0 fully saturated rings. The third kappa shape index (κ3) is 5.21. The third-order valence-corrected chi connectivity index (χ3v) is 3.90. The lowest BCUT2D eigenvalue weighted by atomic mass is 10.2. The molecule has 0 radical (unpaired) electrons. The number of pyridine rings is 1. The van der Waals surface area contributed by atoms with Crippen molar-refractivity contribution in [2.45, 2.75) is 6.54 Å². The zero-order valence-electron chi connectivity index (χ0n) is 13.5. The Labute approximate surface area is 149 Å². The molecule has 0 unspecified atom stereocenters. The number of ether oxygens (including phenoxy) is 3. The van der Waals surface area contributed by atoms with Crippen LogP contribution in [0.1, 0.15) is 15.9 Å². The van der Waals surface area contributed by atoms with Crippen LogP contribution in [0.4, 0.5) is 0 Å². The van der Waals surface area contributed by atoms with Gasteiger partial charge in [-0.3, -0.25) is 4.79 Å². The summed E-state index contributed by atoms with van der Waals surface area (Å²) in [6, 6.07) is 8.87. The van der Waals surface area contributed by atoms with Crippen LogP contribution in [0.15, 0.2) is 41.0 Å². The van der Waals surface area contributed by atoms with E-state index < -0.39 is 0 Å². The highest BCUT2D eigenvalue weighted by molar-refractivity contribution is 9.10. The van der Waals surface area contributed by atoms with Crippen molar-refractivity contribution in [3.63, 3.8) is 0 Å². The van der Waals surface area contributed by atoms with E-state index in [1.54, 1.807) is 44.7 Å². The van der Waals surface area contributed by atoms with E-state index in [9.17, 15) is 4.79 Å². The molecule has 2 rings (SSSR count). The second-order valence-electron chi connectivity index (χ2n) is 4.87. The molecule has 1 aromatic carbocycles. The first-order valence-electron chi connectivity index (χ1n) is 7.32. The lowest BCUT2D eigenvalue weighted by Gasteiger charge is -2.09. The predicted octanol–water partition coefficient (Wildman–Crippen LogP) is 2.81. The maximum absolute atomic E-state index is 12.3. The summed E-state index contributed by atoms with van der Waals surface area (Å²) in [7, 11) is 3.18. The van der Waals surface area contributed by atoms with Gasteiger partial charge < -0.3 is 19.5 Å². The first kappa shape index (κ1) is 18.2. The van der Waals surface area contributed by atoms with Gasteiger partial charge in [0.1, 0.15) is 12.4 Å². The molecule has 1 amide bonds. The van der Waals surface area contributed by atoms with E-state index in [1.165, 1.54) is 0 Å². The molecule has 0 spiro atoms. The van der Waals surface area contributed by atoms with Crippen LogP contribution in [0, 0.1) is 0 Å². The molecule has 1 heterocycles. The SMILES string of the molecule is COCCOc1ccc(CNC(=O)c2cc(OC)ccc2Br)cn1. The molecule has 0 aliphatic heterocycles. The van der Waals surface area contributed by atoms with Crippen molar-refractivity contribution in [1.29, 1.82) is 0 Å². The van der Waals surface area contributed by atoms with Crippen molar-refractivity contribution < 1.29 is 19.0 Å². The number of rotatable bonds is 8. The minimum Gasteiger partial charge on any atom is -0.497 e. The van der Waals surface area contributed by atoms with E-state index >= 15 is 0 Å². The number of benzene rings is 1. The lowest BCUT2D eigenvalue weighted by molar-refractivity contribution is 0.0949. The van der Waals surface area contributed by atoms with Gasteiger partial charge in [0.15, 0.2) is 0 Å². The van der Waals surface area contributed by atoms with Gasteiger partial charge in [0.25, 0.3) is 5.91 Å². The van der Waals surface area contributed by atoms with Crippen molar-refractivity contribution in [2.75, 3.05) is 27.4 Å². The third-order valence-electron chi connectivity index (χ3n) is 3.21. The zero-order chi connectivity index (χ0) is 17.4. The summed E-state index contributed by atoms with van der Waals surface area (Å²) < 4.78 is 16.2. The number of amides is 1. The highest BCUT2D eigenvalue weighted by Crippen LogP contribution is 2.22. The Bertz CT molecular complexity index is 677. The molecule has 1 N–H and O–H groups in total. The molecule has 128 valence electrons. The first-order chi connectivity index (χ1) is 11.6. The topological polar surface area (TPSA) is 69.7 Å². The summed E-state index contributed by atoms with van der Waals surface area (Å²) >= 11 is 3.37. The van der Waals surface area contributed by atoms with Gasteiger partial charge in [-0.1, -0.05) is 6.07 Å². The number of nitrogens with zero attached hydrogens (tertiary/aromatic N) is 1. The van der Waals surface area contributed by atoms with Crippen LogP contribution in [-0.4, -0.2) is 38.3 Å². The summed E-state index contributed by atoms with van der Waals surface area (Å²) in [5.41, 5.74) is 1.39. The fourth-order valence-electron chi connectivity index (χ4n) is 1.91. The van der Waals surface area contributed by atoms with Gasteiger partial charge in [-0.25, -0.2) is 4.98 Å². The maximum atomic E-state index is 12.3. The molecule has 0 saturated heterocycles. The van der Waals surface area contributed by atoms with E-state index in [-0.39, 0.29) is 5.91 Å². The van der Waals surface area contributed by atoms with E-state index in [4.69, 9.17) is 14.2 Å². The van der Waals surface area contributed by atoms with Crippen LogP contribution < -0.4 is 14.8 Å². The standard InChI is InChI=1S/C17H19BrN2O4/c1-22-7-8-24-16-6-3-12(10-19-16)11-20-17(21)14-9-13(23-2)4-5-15(14)18/h3-6,9-10H,7-8,11H2,1-2H3,(H,20,21). The van der Waals surface area contributed by atoms with Gasteiger partial charge in [-0.05, 0) is 39.7 Å². The van der Waals surface area contributed by atoms with Crippen LogP contribution in [0.25, 0.3) is 0 Å². The number of nitrogens with one attached hydrogen (secondary N) is 1. The summed E-state index contributed by atoms with van der Waals surface area (Å²) in [6.45, 7) is 1.33. The minimum absolute atomic E-state index is 0.193. The number of methoxy groups -OCH3 is 2. The van der Waals surface area contributed by atoms with Crippen molar-refractivity contribution in [1.82, 2.24) is 10.3 Å². The molecule has 1 aromatic heterocycles. The van der Waals surface area contributed by atoms with Crippen LogP contribution in [0.3, 0.4) is 0 Å². The van der Waals surface area contributed by atoms with Gasteiger partial charge in [0.2, 0.25) is 5.88 Å².